The molecule has 1 aromatic rings. The molecule has 0 saturated carbocycles. The number of anilines is 1. The summed E-state index contributed by atoms with van der Waals surface area (Å²) in [6.07, 6.45) is -4.82. The number of aliphatic hydroxyl groups is 1. The predicted molar refractivity (Wildman–Crippen MR) is 67.7 cm³/mol. The molecule has 1 N–H and O–H groups in total. The van der Waals surface area contributed by atoms with Crippen molar-refractivity contribution in [3.63, 3.8) is 0 Å². The lowest BCUT2D eigenvalue weighted by atomic mass is 10.0. The second-order valence-electron chi connectivity index (χ2n) is 4.99. The van der Waals surface area contributed by atoms with Gasteiger partial charge in [0.25, 0.3) is 5.69 Å². The van der Waals surface area contributed by atoms with Crippen LogP contribution in [-0.4, -0.2) is 29.2 Å². The summed E-state index contributed by atoms with van der Waals surface area (Å²) in [5.74, 6) is 0. The third kappa shape index (κ3) is 3.19. The van der Waals surface area contributed by atoms with Gasteiger partial charge in [0.15, 0.2) is 0 Å². The maximum atomic E-state index is 12.9. The van der Waals surface area contributed by atoms with E-state index >= 15 is 0 Å². The van der Waals surface area contributed by atoms with Gasteiger partial charge in [0.05, 0.1) is 17.1 Å². The maximum Gasteiger partial charge on any atom is 0.423 e. The molecule has 0 aliphatic carbocycles. The smallest absolute Gasteiger partial charge is 0.394 e. The fraction of sp³-hybridized carbons (Fsp3) is 0.500. The second-order valence-corrected chi connectivity index (χ2v) is 4.99. The maximum absolute atomic E-state index is 12.9. The molecule has 0 saturated heterocycles. The fourth-order valence-corrected chi connectivity index (χ4v) is 1.57. The van der Waals surface area contributed by atoms with Gasteiger partial charge in [-0.05, 0) is 26.0 Å². The number of rotatable bonds is 4. The molecular weight excluding hydrogens is 277 g/mol. The van der Waals surface area contributed by atoms with E-state index in [0.29, 0.717) is 0 Å². The lowest BCUT2D eigenvalue weighted by molar-refractivity contribution is -0.388. The Labute approximate surface area is 113 Å². The summed E-state index contributed by atoms with van der Waals surface area (Å²) in [5.41, 5.74) is -2.95. The van der Waals surface area contributed by atoms with Gasteiger partial charge in [0, 0.05) is 18.8 Å². The highest BCUT2D eigenvalue weighted by Gasteiger charge is 2.39. The van der Waals surface area contributed by atoms with E-state index in [0.717, 1.165) is 12.1 Å². The number of alkyl halides is 3. The Morgan fingerprint density at radius 2 is 1.90 bits per heavy atom. The number of halogens is 3. The fourth-order valence-electron chi connectivity index (χ4n) is 1.57. The average molecular weight is 292 g/mol. The number of nitro groups is 1. The third-order valence-electron chi connectivity index (χ3n) is 3.16. The van der Waals surface area contributed by atoms with Crippen LogP contribution in [-0.2, 0) is 6.18 Å². The number of nitro benzene ring substituents is 1. The van der Waals surface area contributed by atoms with Crippen LogP contribution >= 0.6 is 0 Å². The molecule has 0 heterocycles. The van der Waals surface area contributed by atoms with Gasteiger partial charge < -0.3 is 10.0 Å². The van der Waals surface area contributed by atoms with Crippen molar-refractivity contribution in [3.8, 4) is 0 Å². The van der Waals surface area contributed by atoms with Crippen molar-refractivity contribution in [2.24, 2.45) is 0 Å². The van der Waals surface area contributed by atoms with Crippen LogP contribution in [0.5, 0.6) is 0 Å². The summed E-state index contributed by atoms with van der Waals surface area (Å²) < 4.78 is 38.6. The van der Waals surface area contributed by atoms with E-state index in [1.54, 1.807) is 13.8 Å². The highest BCUT2D eigenvalue weighted by Crippen LogP contribution is 2.38. The molecule has 112 valence electrons. The quantitative estimate of drug-likeness (QED) is 0.684. The largest absolute Gasteiger partial charge is 0.423 e. The Morgan fingerprint density at radius 1 is 1.35 bits per heavy atom. The van der Waals surface area contributed by atoms with E-state index in [1.165, 1.54) is 18.0 Å². The van der Waals surface area contributed by atoms with Crippen molar-refractivity contribution in [1.82, 2.24) is 0 Å². The average Bonchev–Trinajstić information content (AvgIpc) is 2.35. The van der Waals surface area contributed by atoms with Gasteiger partial charge in [0.1, 0.15) is 5.56 Å². The molecule has 0 amide bonds. The van der Waals surface area contributed by atoms with E-state index < -0.39 is 27.9 Å². The van der Waals surface area contributed by atoms with Crippen molar-refractivity contribution in [2.45, 2.75) is 25.6 Å². The van der Waals surface area contributed by atoms with Gasteiger partial charge in [-0.1, -0.05) is 0 Å². The van der Waals surface area contributed by atoms with Crippen molar-refractivity contribution >= 4 is 11.4 Å². The monoisotopic (exact) mass is 292 g/mol. The number of hydrogen-bond donors (Lipinski definition) is 1. The van der Waals surface area contributed by atoms with Crippen molar-refractivity contribution < 1.29 is 23.2 Å². The molecular formula is C12H15F3N2O3. The summed E-state index contributed by atoms with van der Waals surface area (Å²) >= 11 is 0. The van der Waals surface area contributed by atoms with Crippen molar-refractivity contribution in [3.05, 3.63) is 33.9 Å². The minimum Gasteiger partial charge on any atom is -0.394 e. The standard InChI is InChI=1S/C12H15F3N2O3/c1-11(2,7-18)16(3)8-4-5-10(17(19)20)9(6-8)12(13,14)15/h4-6,18H,7H2,1-3H3. The van der Waals surface area contributed by atoms with Gasteiger partial charge in [-0.25, -0.2) is 0 Å². The lowest BCUT2D eigenvalue weighted by Gasteiger charge is -2.36. The molecule has 20 heavy (non-hydrogen) atoms. The van der Waals surface area contributed by atoms with Crippen LogP contribution in [0.1, 0.15) is 19.4 Å². The van der Waals surface area contributed by atoms with E-state index in [4.69, 9.17) is 0 Å². The second kappa shape index (κ2) is 5.28. The van der Waals surface area contributed by atoms with E-state index in [9.17, 15) is 28.4 Å². The summed E-state index contributed by atoms with van der Waals surface area (Å²) in [6.45, 7) is 3.01. The summed E-state index contributed by atoms with van der Waals surface area (Å²) in [7, 11) is 1.51. The lowest BCUT2D eigenvalue weighted by Crippen LogP contribution is -2.44. The molecule has 0 aliphatic heterocycles. The van der Waals surface area contributed by atoms with Crippen LogP contribution in [0.4, 0.5) is 24.5 Å². The molecule has 0 fully saturated rings. The van der Waals surface area contributed by atoms with Crippen molar-refractivity contribution in [1.29, 1.82) is 0 Å². The third-order valence-corrected chi connectivity index (χ3v) is 3.16. The zero-order valence-electron chi connectivity index (χ0n) is 11.2. The normalized spacial score (nSPS) is 12.3. The Bertz CT molecular complexity index is 515. The highest BCUT2D eigenvalue weighted by molar-refractivity contribution is 5.57. The Kier molecular flexibility index (Phi) is 4.28. The molecule has 0 aliphatic rings. The first-order valence-corrected chi connectivity index (χ1v) is 5.71. The summed E-state index contributed by atoms with van der Waals surface area (Å²) in [6, 6.07) is 2.77. The zero-order valence-corrected chi connectivity index (χ0v) is 11.2. The SMILES string of the molecule is CN(c1ccc([N+](=O)[O-])c(C(F)(F)F)c1)C(C)(C)CO. The van der Waals surface area contributed by atoms with Gasteiger partial charge in [-0.3, -0.25) is 10.1 Å². The van der Waals surface area contributed by atoms with Gasteiger partial charge >= 0.3 is 6.18 Å². The molecule has 0 unspecified atom stereocenters. The molecule has 0 spiro atoms. The summed E-state index contributed by atoms with van der Waals surface area (Å²) in [5, 5.41) is 19.9. The van der Waals surface area contributed by atoms with Crippen LogP contribution in [0.3, 0.4) is 0 Å². The molecule has 8 heteroatoms. The first kappa shape index (κ1) is 16.2. The van der Waals surface area contributed by atoms with Gasteiger partial charge in [-0.15, -0.1) is 0 Å². The molecule has 0 atom stereocenters. The zero-order chi connectivity index (χ0) is 15.7. The topological polar surface area (TPSA) is 66.6 Å². The Balaban J connectivity index is 3.37. The predicted octanol–water partition coefficient (Wildman–Crippen LogP) is 2.82. The van der Waals surface area contributed by atoms with E-state index in [2.05, 4.69) is 0 Å². The molecule has 0 bridgehead atoms. The van der Waals surface area contributed by atoms with Crippen LogP contribution in [0, 0.1) is 10.1 Å². The minimum atomic E-state index is -4.82. The number of nitrogens with zero attached hydrogens (tertiary/aromatic N) is 2. The van der Waals surface area contributed by atoms with Crippen LogP contribution < -0.4 is 4.90 Å². The van der Waals surface area contributed by atoms with E-state index in [-0.39, 0.29) is 12.3 Å². The number of aliphatic hydroxyl groups excluding tert-OH is 1. The van der Waals surface area contributed by atoms with Crippen LogP contribution in [0.2, 0.25) is 0 Å². The van der Waals surface area contributed by atoms with E-state index in [1.807, 2.05) is 0 Å². The minimum absolute atomic E-state index is 0.141. The first-order chi connectivity index (χ1) is 9.00. The van der Waals surface area contributed by atoms with Crippen LogP contribution in [0.25, 0.3) is 0 Å². The molecule has 5 nitrogen and oxygen atoms in total. The Morgan fingerprint density at radius 3 is 2.30 bits per heavy atom. The summed E-state index contributed by atoms with van der Waals surface area (Å²) in [4.78, 5) is 11.0. The van der Waals surface area contributed by atoms with Crippen molar-refractivity contribution in [2.75, 3.05) is 18.6 Å². The molecule has 1 rings (SSSR count). The number of hydrogen-bond acceptors (Lipinski definition) is 4. The highest BCUT2D eigenvalue weighted by atomic mass is 19.4. The van der Waals surface area contributed by atoms with Gasteiger partial charge in [0.2, 0.25) is 0 Å². The first-order valence-electron chi connectivity index (χ1n) is 5.71. The van der Waals surface area contributed by atoms with Crippen LogP contribution in [0.15, 0.2) is 18.2 Å². The Hall–Kier alpha value is -1.83. The molecule has 0 radical (unpaired) electrons. The van der Waals surface area contributed by atoms with Gasteiger partial charge in [-0.2, -0.15) is 13.2 Å². The molecule has 0 aromatic heterocycles. The molecule has 1 aromatic carbocycles. The number of likely N-dealkylation sites (N-methyl/N-ethyl adjacent to an activating group) is 1. The number of benzene rings is 1.